The van der Waals surface area contributed by atoms with Crippen LogP contribution in [0.2, 0.25) is 0 Å². The average Bonchev–Trinajstić information content (AvgIpc) is 2.50. The molecule has 0 aliphatic heterocycles. The molecule has 0 bridgehead atoms. The predicted molar refractivity (Wildman–Crippen MR) is 94.3 cm³/mol. The number of hydrogen-bond acceptors (Lipinski definition) is 9. The van der Waals surface area contributed by atoms with Crippen LogP contribution in [0.5, 0.6) is 0 Å². The third-order valence-electron chi connectivity index (χ3n) is 3.43. The van der Waals surface area contributed by atoms with E-state index >= 15 is 0 Å². The van der Waals surface area contributed by atoms with E-state index in [1.54, 1.807) is 0 Å². The first-order valence-corrected chi connectivity index (χ1v) is 8.70. The monoisotopic (exact) mass is 373 g/mol. The van der Waals surface area contributed by atoms with Gasteiger partial charge in [0.15, 0.2) is 0 Å². The number of carbonyl (C=O) groups is 4. The van der Waals surface area contributed by atoms with E-state index in [-0.39, 0.29) is 24.7 Å². The molecule has 0 unspecified atom stereocenters. The van der Waals surface area contributed by atoms with E-state index in [9.17, 15) is 19.2 Å². The van der Waals surface area contributed by atoms with Crippen LogP contribution in [-0.2, 0) is 28.7 Å². The van der Waals surface area contributed by atoms with Gasteiger partial charge < -0.3 is 26.7 Å². The Morgan fingerprint density at radius 1 is 0.692 bits per heavy atom. The second-order valence-corrected chi connectivity index (χ2v) is 7.15. The summed E-state index contributed by atoms with van der Waals surface area (Å²) in [5, 5.41) is 0. The molecule has 26 heavy (non-hydrogen) atoms. The van der Waals surface area contributed by atoms with E-state index < -0.39 is 42.0 Å². The summed E-state index contributed by atoms with van der Waals surface area (Å²) in [6, 6.07) is -3.02. The molecular weight excluding hydrogens is 342 g/mol. The van der Waals surface area contributed by atoms with E-state index in [1.165, 1.54) is 0 Å². The molecule has 0 rings (SSSR count). The fourth-order valence-electron chi connectivity index (χ4n) is 2.09. The van der Waals surface area contributed by atoms with Gasteiger partial charge in [0, 0.05) is 6.42 Å². The highest BCUT2D eigenvalue weighted by atomic mass is 16.6. The minimum atomic E-state index is -1.21. The highest BCUT2D eigenvalue weighted by Crippen LogP contribution is 2.07. The number of rotatable bonds is 10. The number of nitrogens with two attached hydrogens (primary N) is 3. The standard InChI is InChI=1S/C17H31N3O6/c1-9(2)7-12(19)16(23)25-14(21)6-5-11(18)15(22)26-17(24)13(20)8-10(3)4/h9-13H,5-8,18-20H2,1-4H3/t11-,12-,13-/m0/s1. The number of esters is 4. The predicted octanol–water partition coefficient (Wildman–Crippen LogP) is -0.0197. The SMILES string of the molecule is CC(C)C[C@H](N)C(=O)OC(=O)CC[C@H](N)C(=O)OC(=O)[C@@H](N)CC(C)C. The first-order valence-electron chi connectivity index (χ1n) is 8.70. The second kappa shape index (κ2) is 11.7. The molecule has 6 N–H and O–H groups in total. The maximum absolute atomic E-state index is 11.7. The van der Waals surface area contributed by atoms with Crippen LogP contribution in [0.4, 0.5) is 0 Å². The lowest BCUT2D eigenvalue weighted by atomic mass is 10.0. The smallest absolute Gasteiger partial charge is 0.330 e. The Hall–Kier alpha value is -1.84. The van der Waals surface area contributed by atoms with Crippen molar-refractivity contribution in [2.45, 2.75) is 71.5 Å². The van der Waals surface area contributed by atoms with Gasteiger partial charge in [-0.25, -0.2) is 14.4 Å². The van der Waals surface area contributed by atoms with Crippen molar-refractivity contribution in [2.24, 2.45) is 29.0 Å². The summed E-state index contributed by atoms with van der Waals surface area (Å²) in [5.41, 5.74) is 16.8. The first kappa shape index (κ1) is 24.2. The largest absolute Gasteiger partial charge is 0.392 e. The van der Waals surface area contributed by atoms with Crippen molar-refractivity contribution in [1.29, 1.82) is 0 Å². The van der Waals surface area contributed by atoms with E-state index in [4.69, 9.17) is 17.2 Å². The summed E-state index contributed by atoms with van der Waals surface area (Å²) < 4.78 is 9.21. The van der Waals surface area contributed by atoms with Gasteiger partial charge in [-0.15, -0.1) is 0 Å². The molecule has 0 aromatic heterocycles. The highest BCUT2D eigenvalue weighted by molar-refractivity contribution is 5.91. The van der Waals surface area contributed by atoms with Crippen LogP contribution in [0, 0.1) is 11.8 Å². The van der Waals surface area contributed by atoms with Crippen molar-refractivity contribution in [3.8, 4) is 0 Å². The third kappa shape index (κ3) is 10.2. The molecule has 0 heterocycles. The lowest BCUT2D eigenvalue weighted by molar-refractivity contribution is -0.161. The topological polar surface area (TPSA) is 165 Å². The van der Waals surface area contributed by atoms with Crippen molar-refractivity contribution in [3.63, 3.8) is 0 Å². The average molecular weight is 373 g/mol. The lowest BCUT2D eigenvalue weighted by Crippen LogP contribution is -2.40. The Morgan fingerprint density at radius 3 is 1.50 bits per heavy atom. The van der Waals surface area contributed by atoms with Crippen LogP contribution in [-0.4, -0.2) is 42.0 Å². The molecule has 0 saturated heterocycles. The van der Waals surface area contributed by atoms with Crippen molar-refractivity contribution >= 4 is 23.9 Å². The molecule has 9 heteroatoms. The van der Waals surface area contributed by atoms with E-state index in [0.717, 1.165) is 0 Å². The second-order valence-electron chi connectivity index (χ2n) is 7.15. The molecule has 9 nitrogen and oxygen atoms in total. The molecule has 0 spiro atoms. The Balaban J connectivity index is 4.28. The summed E-state index contributed by atoms with van der Waals surface area (Å²) in [6.07, 6.45) is 0.322. The van der Waals surface area contributed by atoms with Gasteiger partial charge in [-0.2, -0.15) is 0 Å². The fourth-order valence-corrected chi connectivity index (χ4v) is 2.09. The molecule has 0 aromatic rings. The molecule has 0 fully saturated rings. The first-order chi connectivity index (χ1) is 11.9. The number of carbonyl (C=O) groups excluding carboxylic acids is 4. The van der Waals surface area contributed by atoms with Crippen LogP contribution in [0.3, 0.4) is 0 Å². The third-order valence-corrected chi connectivity index (χ3v) is 3.43. The van der Waals surface area contributed by atoms with Crippen molar-refractivity contribution in [3.05, 3.63) is 0 Å². The molecule has 0 saturated carbocycles. The molecular formula is C17H31N3O6. The summed E-state index contributed by atoms with van der Waals surface area (Å²) in [6.45, 7) is 7.52. The van der Waals surface area contributed by atoms with Gasteiger partial charge in [0.2, 0.25) is 0 Å². The number of ether oxygens (including phenoxy) is 2. The van der Waals surface area contributed by atoms with Crippen LogP contribution in [0.25, 0.3) is 0 Å². The van der Waals surface area contributed by atoms with Crippen LogP contribution in [0.15, 0.2) is 0 Å². The van der Waals surface area contributed by atoms with Crippen molar-refractivity contribution < 1.29 is 28.7 Å². The molecule has 0 aromatic carbocycles. The zero-order chi connectivity index (χ0) is 20.4. The molecule has 0 amide bonds. The lowest BCUT2D eigenvalue weighted by Gasteiger charge is -2.15. The summed E-state index contributed by atoms with van der Waals surface area (Å²) in [7, 11) is 0. The summed E-state index contributed by atoms with van der Waals surface area (Å²) in [5.74, 6) is -3.18. The van der Waals surface area contributed by atoms with Gasteiger partial charge in [-0.3, -0.25) is 4.79 Å². The Labute approximate surface area is 153 Å². The maximum atomic E-state index is 11.7. The van der Waals surface area contributed by atoms with Crippen molar-refractivity contribution in [1.82, 2.24) is 0 Å². The summed E-state index contributed by atoms with van der Waals surface area (Å²) in [4.78, 5) is 46.7. The van der Waals surface area contributed by atoms with Crippen LogP contribution < -0.4 is 17.2 Å². The van der Waals surface area contributed by atoms with Crippen LogP contribution >= 0.6 is 0 Å². The van der Waals surface area contributed by atoms with E-state index in [2.05, 4.69) is 9.47 Å². The quantitative estimate of drug-likeness (QED) is 0.352. The fraction of sp³-hybridized carbons (Fsp3) is 0.765. The molecule has 150 valence electrons. The van der Waals surface area contributed by atoms with E-state index in [1.807, 2.05) is 27.7 Å². The van der Waals surface area contributed by atoms with Gasteiger partial charge in [0.05, 0.1) is 0 Å². The minimum Gasteiger partial charge on any atom is -0.392 e. The Morgan fingerprint density at radius 2 is 1.08 bits per heavy atom. The molecule has 0 radical (unpaired) electrons. The molecule has 3 atom stereocenters. The minimum absolute atomic E-state index is 0.142. The highest BCUT2D eigenvalue weighted by Gasteiger charge is 2.25. The zero-order valence-corrected chi connectivity index (χ0v) is 15.9. The van der Waals surface area contributed by atoms with Gasteiger partial charge in [0.25, 0.3) is 0 Å². The number of hydrogen-bond donors (Lipinski definition) is 3. The Bertz CT molecular complexity index is 507. The maximum Gasteiger partial charge on any atom is 0.330 e. The van der Waals surface area contributed by atoms with E-state index in [0.29, 0.717) is 12.8 Å². The van der Waals surface area contributed by atoms with Gasteiger partial charge >= 0.3 is 23.9 Å². The Kier molecular flexibility index (Phi) is 10.9. The van der Waals surface area contributed by atoms with Gasteiger partial charge in [0.1, 0.15) is 18.1 Å². The molecule has 0 aliphatic rings. The van der Waals surface area contributed by atoms with Gasteiger partial charge in [-0.1, -0.05) is 27.7 Å². The van der Waals surface area contributed by atoms with Gasteiger partial charge in [-0.05, 0) is 31.1 Å². The normalized spacial score (nSPS) is 14.7. The summed E-state index contributed by atoms with van der Waals surface area (Å²) >= 11 is 0. The van der Waals surface area contributed by atoms with Crippen LogP contribution in [0.1, 0.15) is 53.4 Å². The molecule has 0 aliphatic carbocycles. The zero-order valence-electron chi connectivity index (χ0n) is 15.9. The van der Waals surface area contributed by atoms with Crippen molar-refractivity contribution in [2.75, 3.05) is 0 Å².